The van der Waals surface area contributed by atoms with Gasteiger partial charge in [0.05, 0.1) is 7.11 Å². The molecular weight excluding hydrogens is 210 g/mol. The largest absolute Gasteiger partial charge is 0.496 e. The number of hydrogen-bond acceptors (Lipinski definition) is 2. The number of benzene rings is 1. The first-order valence-corrected chi connectivity index (χ1v) is 5.65. The van der Waals surface area contributed by atoms with Crippen molar-refractivity contribution in [3.05, 3.63) is 28.3 Å². The van der Waals surface area contributed by atoms with Crippen LogP contribution in [0, 0.1) is 6.92 Å². The monoisotopic (exact) mass is 225 g/mol. The molecule has 1 aliphatic rings. The SMILES string of the molecule is COc1c(C)cc(Cl)cc1C1CCNC1. The third-order valence-corrected chi connectivity index (χ3v) is 3.19. The molecule has 1 unspecified atom stereocenters. The molecule has 1 aromatic carbocycles. The smallest absolute Gasteiger partial charge is 0.125 e. The van der Waals surface area contributed by atoms with Crippen LogP contribution >= 0.6 is 11.6 Å². The van der Waals surface area contributed by atoms with Crippen LogP contribution in [0.4, 0.5) is 0 Å². The third-order valence-electron chi connectivity index (χ3n) is 2.97. The van der Waals surface area contributed by atoms with Crippen molar-refractivity contribution in [2.24, 2.45) is 0 Å². The van der Waals surface area contributed by atoms with E-state index < -0.39 is 0 Å². The van der Waals surface area contributed by atoms with Gasteiger partial charge >= 0.3 is 0 Å². The highest BCUT2D eigenvalue weighted by Gasteiger charge is 2.21. The van der Waals surface area contributed by atoms with Gasteiger partial charge in [-0.25, -0.2) is 0 Å². The van der Waals surface area contributed by atoms with Gasteiger partial charge in [-0.3, -0.25) is 0 Å². The fraction of sp³-hybridized carbons (Fsp3) is 0.500. The van der Waals surface area contributed by atoms with Crippen LogP contribution in [0.5, 0.6) is 5.75 Å². The van der Waals surface area contributed by atoms with Gasteiger partial charge in [-0.05, 0) is 37.6 Å². The van der Waals surface area contributed by atoms with E-state index in [9.17, 15) is 0 Å². The summed E-state index contributed by atoms with van der Waals surface area (Å²) in [6.07, 6.45) is 1.16. The molecular formula is C12H16ClNO. The maximum atomic E-state index is 6.08. The Hall–Kier alpha value is -0.730. The molecule has 0 spiro atoms. The fourth-order valence-corrected chi connectivity index (χ4v) is 2.54. The maximum absolute atomic E-state index is 6.08. The molecule has 2 rings (SSSR count). The average molecular weight is 226 g/mol. The molecule has 0 bridgehead atoms. The van der Waals surface area contributed by atoms with Crippen molar-refractivity contribution in [2.45, 2.75) is 19.3 Å². The summed E-state index contributed by atoms with van der Waals surface area (Å²) in [6.45, 7) is 4.14. The second kappa shape index (κ2) is 4.42. The molecule has 2 nitrogen and oxygen atoms in total. The summed E-state index contributed by atoms with van der Waals surface area (Å²) < 4.78 is 5.46. The summed E-state index contributed by atoms with van der Waals surface area (Å²) in [6, 6.07) is 3.98. The predicted molar refractivity (Wildman–Crippen MR) is 63.0 cm³/mol. The minimum Gasteiger partial charge on any atom is -0.496 e. The normalized spacial score (nSPS) is 20.6. The molecule has 1 N–H and O–H groups in total. The Labute approximate surface area is 95.6 Å². The lowest BCUT2D eigenvalue weighted by atomic mass is 9.95. The first-order valence-electron chi connectivity index (χ1n) is 5.27. The van der Waals surface area contributed by atoms with Crippen LogP contribution < -0.4 is 10.1 Å². The second-order valence-electron chi connectivity index (χ2n) is 4.03. The van der Waals surface area contributed by atoms with Gasteiger partial charge in [0.15, 0.2) is 0 Å². The fourth-order valence-electron chi connectivity index (χ4n) is 2.26. The Morgan fingerprint density at radius 1 is 1.47 bits per heavy atom. The Kier molecular flexibility index (Phi) is 3.17. The lowest BCUT2D eigenvalue weighted by Crippen LogP contribution is -2.09. The van der Waals surface area contributed by atoms with Crippen LogP contribution in [-0.4, -0.2) is 20.2 Å². The molecule has 0 radical (unpaired) electrons. The van der Waals surface area contributed by atoms with Gasteiger partial charge in [0.25, 0.3) is 0 Å². The van der Waals surface area contributed by atoms with E-state index in [-0.39, 0.29) is 0 Å². The first kappa shape index (κ1) is 10.8. The van der Waals surface area contributed by atoms with Crippen molar-refractivity contribution >= 4 is 11.6 Å². The summed E-state index contributed by atoms with van der Waals surface area (Å²) in [5.74, 6) is 1.53. The Balaban J connectivity index is 2.42. The van der Waals surface area contributed by atoms with Crippen LogP contribution in [-0.2, 0) is 0 Å². The molecule has 3 heteroatoms. The number of aryl methyl sites for hydroxylation is 1. The van der Waals surface area contributed by atoms with E-state index in [4.69, 9.17) is 16.3 Å². The van der Waals surface area contributed by atoms with Gasteiger partial charge in [0.1, 0.15) is 5.75 Å². The van der Waals surface area contributed by atoms with Gasteiger partial charge < -0.3 is 10.1 Å². The highest BCUT2D eigenvalue weighted by Crippen LogP contribution is 2.35. The Morgan fingerprint density at radius 2 is 2.27 bits per heavy atom. The highest BCUT2D eigenvalue weighted by molar-refractivity contribution is 6.30. The summed E-state index contributed by atoms with van der Waals surface area (Å²) in [5, 5.41) is 4.16. The number of nitrogens with one attached hydrogen (secondary N) is 1. The number of halogens is 1. The molecule has 0 saturated carbocycles. The summed E-state index contributed by atoms with van der Waals surface area (Å²) >= 11 is 6.08. The van der Waals surface area contributed by atoms with E-state index in [0.29, 0.717) is 5.92 Å². The minimum atomic E-state index is 0.539. The van der Waals surface area contributed by atoms with Crippen molar-refractivity contribution in [3.8, 4) is 5.75 Å². The number of methoxy groups -OCH3 is 1. The van der Waals surface area contributed by atoms with Crippen molar-refractivity contribution in [1.29, 1.82) is 0 Å². The zero-order valence-electron chi connectivity index (χ0n) is 9.14. The standard InChI is InChI=1S/C12H16ClNO/c1-8-5-10(13)6-11(12(8)15-2)9-3-4-14-7-9/h5-6,9,14H,3-4,7H2,1-2H3. The van der Waals surface area contributed by atoms with Crippen LogP contribution in [0.3, 0.4) is 0 Å². The van der Waals surface area contributed by atoms with E-state index in [1.165, 1.54) is 5.56 Å². The van der Waals surface area contributed by atoms with Gasteiger partial charge in [0.2, 0.25) is 0 Å². The van der Waals surface area contributed by atoms with Crippen molar-refractivity contribution in [1.82, 2.24) is 5.32 Å². The maximum Gasteiger partial charge on any atom is 0.125 e. The van der Waals surface area contributed by atoms with E-state index in [0.717, 1.165) is 35.8 Å². The lowest BCUT2D eigenvalue weighted by Gasteiger charge is -2.16. The van der Waals surface area contributed by atoms with E-state index in [2.05, 4.69) is 5.32 Å². The average Bonchev–Trinajstić information content (AvgIpc) is 2.69. The number of hydrogen-bond donors (Lipinski definition) is 1. The third kappa shape index (κ3) is 2.11. The van der Waals surface area contributed by atoms with Gasteiger partial charge in [-0.1, -0.05) is 11.6 Å². The van der Waals surface area contributed by atoms with Crippen LogP contribution in [0.1, 0.15) is 23.5 Å². The second-order valence-corrected chi connectivity index (χ2v) is 4.47. The Bertz CT molecular complexity index is 359. The molecule has 1 fully saturated rings. The van der Waals surface area contributed by atoms with Crippen LogP contribution in [0.15, 0.2) is 12.1 Å². The van der Waals surface area contributed by atoms with Crippen molar-refractivity contribution < 1.29 is 4.74 Å². The molecule has 1 aliphatic heterocycles. The lowest BCUT2D eigenvalue weighted by molar-refractivity contribution is 0.403. The van der Waals surface area contributed by atoms with Crippen molar-refractivity contribution in [2.75, 3.05) is 20.2 Å². The number of ether oxygens (including phenoxy) is 1. The zero-order valence-corrected chi connectivity index (χ0v) is 9.90. The topological polar surface area (TPSA) is 21.3 Å². The predicted octanol–water partition coefficient (Wildman–Crippen LogP) is 2.73. The summed E-state index contributed by atoms with van der Waals surface area (Å²) in [4.78, 5) is 0. The van der Waals surface area contributed by atoms with Crippen LogP contribution in [0.25, 0.3) is 0 Å². The molecule has 1 saturated heterocycles. The number of rotatable bonds is 2. The summed E-state index contributed by atoms with van der Waals surface area (Å²) in [5.41, 5.74) is 2.36. The van der Waals surface area contributed by atoms with Crippen LogP contribution in [0.2, 0.25) is 5.02 Å². The molecule has 1 atom stereocenters. The molecule has 82 valence electrons. The first-order chi connectivity index (χ1) is 7.22. The molecule has 0 amide bonds. The van der Waals surface area contributed by atoms with Gasteiger partial charge in [0, 0.05) is 23.0 Å². The highest BCUT2D eigenvalue weighted by atomic mass is 35.5. The molecule has 15 heavy (non-hydrogen) atoms. The van der Waals surface area contributed by atoms with Crippen molar-refractivity contribution in [3.63, 3.8) is 0 Å². The molecule has 1 heterocycles. The molecule has 0 aliphatic carbocycles. The molecule has 0 aromatic heterocycles. The van der Waals surface area contributed by atoms with E-state index in [1.54, 1.807) is 7.11 Å². The summed E-state index contributed by atoms with van der Waals surface area (Å²) in [7, 11) is 1.72. The minimum absolute atomic E-state index is 0.539. The van der Waals surface area contributed by atoms with Gasteiger partial charge in [-0.2, -0.15) is 0 Å². The Morgan fingerprint density at radius 3 is 2.87 bits per heavy atom. The van der Waals surface area contributed by atoms with E-state index in [1.807, 2.05) is 19.1 Å². The molecule has 1 aromatic rings. The quantitative estimate of drug-likeness (QED) is 0.836. The van der Waals surface area contributed by atoms with E-state index >= 15 is 0 Å². The zero-order chi connectivity index (χ0) is 10.8. The van der Waals surface area contributed by atoms with Gasteiger partial charge in [-0.15, -0.1) is 0 Å².